The fourth-order valence-corrected chi connectivity index (χ4v) is 0.712. The molecule has 0 aromatic carbocycles. The van der Waals surface area contributed by atoms with E-state index in [1.165, 1.54) is 6.92 Å². The molecule has 0 N–H and O–H groups in total. The van der Waals surface area contributed by atoms with Crippen molar-refractivity contribution < 1.29 is 4.79 Å². The highest BCUT2D eigenvalue weighted by Gasteiger charge is 2.02. The maximum absolute atomic E-state index is 10.9. The van der Waals surface area contributed by atoms with Crippen molar-refractivity contribution in [3.63, 3.8) is 0 Å². The zero-order valence-corrected chi connectivity index (χ0v) is 8.38. The quantitative estimate of drug-likeness (QED) is 0.574. The minimum atomic E-state index is 0.0349. The first-order valence-corrected chi connectivity index (χ1v) is 3.85. The van der Waals surface area contributed by atoms with E-state index in [4.69, 9.17) is 0 Å². The lowest BCUT2D eigenvalue weighted by atomic mass is 10.3. The molecule has 0 heterocycles. The van der Waals surface area contributed by atoms with Crippen LogP contribution in [0.4, 0.5) is 0 Å². The highest BCUT2D eigenvalue weighted by atomic mass is 16.2. The van der Waals surface area contributed by atoms with Crippen LogP contribution in [0.3, 0.4) is 0 Å². The number of carbonyl (C=O) groups is 1. The molecule has 3 nitrogen and oxygen atoms in total. The standard InChI is InChI=1S/C9H16N2O/c1-7(10-4)6-8(2)11(5)9(3)12/h6H,1-5H3/b8-6-,10-7?. The third kappa shape index (κ3) is 3.32. The molecule has 0 aliphatic carbocycles. The molecule has 0 radical (unpaired) electrons. The molecular formula is C9H16N2O. The molecule has 0 aliphatic rings. The average Bonchev–Trinajstić information content (AvgIpc) is 2.02. The first-order chi connectivity index (χ1) is 5.49. The molecule has 12 heavy (non-hydrogen) atoms. The summed E-state index contributed by atoms with van der Waals surface area (Å²) in [5.41, 5.74) is 1.83. The van der Waals surface area contributed by atoms with E-state index >= 15 is 0 Å². The number of carbonyl (C=O) groups excluding carboxylic acids is 1. The maximum atomic E-state index is 10.9. The van der Waals surface area contributed by atoms with Gasteiger partial charge in [-0.15, -0.1) is 0 Å². The Morgan fingerprint density at radius 2 is 1.83 bits per heavy atom. The number of rotatable bonds is 2. The van der Waals surface area contributed by atoms with Gasteiger partial charge in [0.25, 0.3) is 0 Å². The second-order valence-corrected chi connectivity index (χ2v) is 2.73. The third-order valence-electron chi connectivity index (χ3n) is 1.77. The zero-order valence-electron chi connectivity index (χ0n) is 8.38. The maximum Gasteiger partial charge on any atom is 0.223 e. The Morgan fingerprint density at radius 3 is 2.17 bits per heavy atom. The lowest BCUT2D eigenvalue weighted by Crippen LogP contribution is -2.21. The highest BCUT2D eigenvalue weighted by Crippen LogP contribution is 2.00. The van der Waals surface area contributed by atoms with Crippen molar-refractivity contribution in [2.75, 3.05) is 14.1 Å². The summed E-state index contributed by atoms with van der Waals surface area (Å²) >= 11 is 0. The van der Waals surface area contributed by atoms with E-state index in [1.807, 2.05) is 19.9 Å². The Kier molecular flexibility index (Phi) is 4.26. The van der Waals surface area contributed by atoms with Gasteiger partial charge in [-0.3, -0.25) is 9.79 Å². The monoisotopic (exact) mass is 168 g/mol. The fourth-order valence-electron chi connectivity index (χ4n) is 0.712. The number of allylic oxidation sites excluding steroid dienone is 2. The molecule has 1 amide bonds. The van der Waals surface area contributed by atoms with Crippen LogP contribution in [-0.4, -0.2) is 30.6 Å². The fraction of sp³-hybridized carbons (Fsp3) is 0.556. The first kappa shape index (κ1) is 10.9. The summed E-state index contributed by atoms with van der Waals surface area (Å²) in [6.07, 6.45) is 1.88. The van der Waals surface area contributed by atoms with Crippen molar-refractivity contribution in [1.82, 2.24) is 4.90 Å². The number of hydrogen-bond acceptors (Lipinski definition) is 2. The minimum Gasteiger partial charge on any atom is -0.320 e. The first-order valence-electron chi connectivity index (χ1n) is 3.85. The molecule has 68 valence electrons. The van der Waals surface area contributed by atoms with Gasteiger partial charge in [-0.1, -0.05) is 0 Å². The summed E-state index contributed by atoms with van der Waals surface area (Å²) in [5, 5.41) is 0. The minimum absolute atomic E-state index is 0.0349. The van der Waals surface area contributed by atoms with Crippen molar-refractivity contribution in [2.45, 2.75) is 20.8 Å². The predicted molar refractivity (Wildman–Crippen MR) is 51.2 cm³/mol. The van der Waals surface area contributed by atoms with Gasteiger partial charge in [-0.2, -0.15) is 0 Å². The molecule has 0 saturated carbocycles. The Balaban J connectivity index is 4.48. The van der Waals surface area contributed by atoms with Crippen LogP contribution in [0.25, 0.3) is 0 Å². The van der Waals surface area contributed by atoms with E-state index in [-0.39, 0.29) is 5.91 Å². The number of nitrogens with zero attached hydrogens (tertiary/aromatic N) is 2. The molecule has 0 aromatic rings. The number of hydrogen-bond donors (Lipinski definition) is 0. The van der Waals surface area contributed by atoms with Gasteiger partial charge >= 0.3 is 0 Å². The molecule has 3 heteroatoms. The largest absolute Gasteiger partial charge is 0.320 e. The van der Waals surface area contributed by atoms with Crippen LogP contribution < -0.4 is 0 Å². The molecule has 0 unspecified atom stereocenters. The summed E-state index contributed by atoms with van der Waals surface area (Å²) < 4.78 is 0. The molecule has 0 aromatic heterocycles. The van der Waals surface area contributed by atoms with Crippen molar-refractivity contribution in [3.8, 4) is 0 Å². The second kappa shape index (κ2) is 4.70. The van der Waals surface area contributed by atoms with Gasteiger partial charge in [0.05, 0.1) is 0 Å². The van der Waals surface area contributed by atoms with Crippen LogP contribution in [0.15, 0.2) is 16.8 Å². The third-order valence-corrected chi connectivity index (χ3v) is 1.77. The molecule has 0 aliphatic heterocycles. The van der Waals surface area contributed by atoms with Crippen molar-refractivity contribution >= 4 is 11.6 Å². The van der Waals surface area contributed by atoms with E-state index in [2.05, 4.69) is 4.99 Å². The van der Waals surface area contributed by atoms with Crippen molar-refractivity contribution in [3.05, 3.63) is 11.8 Å². The molecule has 0 bridgehead atoms. The number of aliphatic imine (C=N–C) groups is 1. The Labute approximate surface area is 73.8 Å². The summed E-state index contributed by atoms with van der Waals surface area (Å²) in [7, 11) is 3.48. The van der Waals surface area contributed by atoms with Crippen molar-refractivity contribution in [1.29, 1.82) is 0 Å². The van der Waals surface area contributed by atoms with E-state index in [0.29, 0.717) is 0 Å². The van der Waals surface area contributed by atoms with Gasteiger partial charge in [-0.05, 0) is 19.9 Å². The van der Waals surface area contributed by atoms with Crippen molar-refractivity contribution in [2.24, 2.45) is 4.99 Å². The summed E-state index contributed by atoms with van der Waals surface area (Å²) in [5.74, 6) is 0.0349. The van der Waals surface area contributed by atoms with E-state index in [0.717, 1.165) is 11.4 Å². The Morgan fingerprint density at radius 1 is 1.33 bits per heavy atom. The zero-order chi connectivity index (χ0) is 9.72. The van der Waals surface area contributed by atoms with Gasteiger partial charge in [0.2, 0.25) is 5.91 Å². The van der Waals surface area contributed by atoms with Crippen LogP contribution in [0.2, 0.25) is 0 Å². The lowest BCUT2D eigenvalue weighted by molar-refractivity contribution is -0.125. The van der Waals surface area contributed by atoms with Gasteiger partial charge < -0.3 is 4.90 Å². The topological polar surface area (TPSA) is 32.7 Å². The summed E-state index contributed by atoms with van der Waals surface area (Å²) in [4.78, 5) is 16.5. The van der Waals surface area contributed by atoms with Gasteiger partial charge in [0, 0.05) is 32.4 Å². The number of amides is 1. The van der Waals surface area contributed by atoms with Crippen LogP contribution in [0.1, 0.15) is 20.8 Å². The van der Waals surface area contributed by atoms with Gasteiger partial charge in [0.15, 0.2) is 0 Å². The second-order valence-electron chi connectivity index (χ2n) is 2.73. The molecule has 0 rings (SSSR count). The van der Waals surface area contributed by atoms with E-state index in [1.54, 1.807) is 19.0 Å². The van der Waals surface area contributed by atoms with E-state index in [9.17, 15) is 4.79 Å². The molecule has 0 fully saturated rings. The van der Waals surface area contributed by atoms with Crippen LogP contribution in [0.5, 0.6) is 0 Å². The molecular weight excluding hydrogens is 152 g/mol. The van der Waals surface area contributed by atoms with Crippen LogP contribution >= 0.6 is 0 Å². The average molecular weight is 168 g/mol. The lowest BCUT2D eigenvalue weighted by Gasteiger charge is -2.14. The van der Waals surface area contributed by atoms with Crippen LogP contribution in [-0.2, 0) is 4.79 Å². The van der Waals surface area contributed by atoms with Gasteiger partial charge in [0.1, 0.15) is 0 Å². The van der Waals surface area contributed by atoms with Crippen LogP contribution in [0, 0.1) is 0 Å². The Hall–Kier alpha value is -1.12. The smallest absolute Gasteiger partial charge is 0.223 e. The molecule has 0 atom stereocenters. The normalized spacial score (nSPS) is 13.1. The predicted octanol–water partition coefficient (Wildman–Crippen LogP) is 1.46. The molecule has 0 saturated heterocycles. The SMILES string of the molecule is CN=C(C)/C=C(/C)N(C)C(C)=O. The highest BCUT2D eigenvalue weighted by molar-refractivity contribution is 5.93. The molecule has 0 spiro atoms. The Bertz CT molecular complexity index is 229. The van der Waals surface area contributed by atoms with E-state index < -0.39 is 0 Å². The van der Waals surface area contributed by atoms with Gasteiger partial charge in [-0.25, -0.2) is 0 Å². The summed E-state index contributed by atoms with van der Waals surface area (Å²) in [6.45, 7) is 5.32. The summed E-state index contributed by atoms with van der Waals surface area (Å²) in [6, 6.07) is 0.